The Hall–Kier alpha value is -7.26. The van der Waals surface area contributed by atoms with Crippen LogP contribution in [0.5, 0.6) is 0 Å². The second kappa shape index (κ2) is 28.1. The number of anilines is 7. The number of hydrogen-bond acceptors (Lipinski definition) is 17. The summed E-state index contributed by atoms with van der Waals surface area (Å²) in [5, 5.41) is 39.7. The van der Waals surface area contributed by atoms with Crippen molar-refractivity contribution in [2.24, 2.45) is 0 Å². The number of nitro groups is 2. The molecule has 0 spiro atoms. The van der Waals surface area contributed by atoms with Gasteiger partial charge < -0.3 is 35.9 Å². The first-order chi connectivity index (χ1) is 34.2. The van der Waals surface area contributed by atoms with Crippen molar-refractivity contribution in [3.63, 3.8) is 0 Å². The van der Waals surface area contributed by atoms with Crippen LogP contribution in [0.25, 0.3) is 0 Å². The summed E-state index contributed by atoms with van der Waals surface area (Å²) < 4.78 is 80.2. The second-order valence-corrected chi connectivity index (χ2v) is 24.0. The maximum absolute atomic E-state index is 13.5. The Morgan fingerprint density at radius 1 is 0.699 bits per heavy atom. The lowest BCUT2D eigenvalue weighted by Crippen LogP contribution is -2.10. The Kier molecular flexibility index (Phi) is 23.1. The van der Waals surface area contributed by atoms with Crippen molar-refractivity contribution in [3.05, 3.63) is 176 Å². The minimum absolute atomic E-state index is 0.0666. The van der Waals surface area contributed by atoms with Crippen LogP contribution in [0.15, 0.2) is 139 Å². The molecule has 0 fully saturated rings. The number of benzene rings is 5. The molecule has 20 nitrogen and oxygen atoms in total. The average molecular weight is 1090 g/mol. The van der Waals surface area contributed by atoms with Gasteiger partial charge in [0.15, 0.2) is 0 Å². The molecule has 388 valence electrons. The minimum atomic E-state index is -4.02. The molecular weight excluding hydrogens is 1030 g/mol. The molecule has 7 rings (SSSR count). The van der Waals surface area contributed by atoms with Crippen molar-refractivity contribution in [1.82, 2.24) is 19.9 Å². The number of aliphatic hydroxyl groups excluding tert-OH is 1. The van der Waals surface area contributed by atoms with Gasteiger partial charge in [-0.3, -0.25) is 24.8 Å². The highest BCUT2D eigenvalue weighted by atomic mass is 35.5. The summed E-state index contributed by atoms with van der Waals surface area (Å²) in [4.78, 5) is 35.5. The third-order valence-electron chi connectivity index (χ3n) is 9.17. The van der Waals surface area contributed by atoms with Gasteiger partial charge in [0.25, 0.3) is 10.1 Å². The molecule has 5 aromatic carbocycles. The van der Waals surface area contributed by atoms with Crippen LogP contribution in [0.3, 0.4) is 0 Å². The largest absolute Gasteiger partial charge is 0.399 e. The number of aryl methyl sites for hydroxylation is 1. The molecule has 0 bridgehead atoms. The number of para-hydroxylation sites is 2. The van der Waals surface area contributed by atoms with E-state index in [0.29, 0.717) is 29.2 Å². The first-order valence-electron chi connectivity index (χ1n) is 21.4. The van der Waals surface area contributed by atoms with E-state index in [9.17, 15) is 46.6 Å². The van der Waals surface area contributed by atoms with Crippen LogP contribution < -0.4 is 32.3 Å². The zero-order valence-corrected chi connectivity index (χ0v) is 43.5. The van der Waals surface area contributed by atoms with Gasteiger partial charge in [-0.1, -0.05) is 55.3 Å². The Labute approximate surface area is 425 Å². The number of halogens is 3. The molecule has 0 aliphatic heterocycles. The Balaban J connectivity index is 0.000000267. The van der Waals surface area contributed by atoms with E-state index in [1.165, 1.54) is 30.5 Å². The molecule has 2 heterocycles. The average Bonchev–Trinajstić information content (AvgIpc) is 3.31. The molecule has 2 aromatic heterocycles. The fourth-order valence-corrected chi connectivity index (χ4v) is 8.60. The van der Waals surface area contributed by atoms with Gasteiger partial charge in [0.2, 0.25) is 22.9 Å². The zero-order chi connectivity index (χ0) is 54.5. The molecule has 73 heavy (non-hydrogen) atoms. The Morgan fingerprint density at radius 2 is 1.18 bits per heavy atom. The van der Waals surface area contributed by atoms with E-state index in [0.717, 1.165) is 53.7 Å². The smallest absolute Gasteiger partial charge is 0.306 e. The number of nitrogen functional groups attached to an aromatic ring is 1. The minimum Gasteiger partial charge on any atom is -0.399 e. The first kappa shape index (κ1) is 60.0. The van der Waals surface area contributed by atoms with Crippen LogP contribution in [0, 0.1) is 38.8 Å². The van der Waals surface area contributed by atoms with Crippen molar-refractivity contribution in [2.75, 3.05) is 55.0 Å². The van der Waals surface area contributed by atoms with Crippen LogP contribution in [0.4, 0.5) is 60.5 Å². The lowest BCUT2D eigenvalue weighted by molar-refractivity contribution is -0.387. The Morgan fingerprint density at radius 3 is 1.62 bits per heavy atom. The van der Waals surface area contributed by atoms with Crippen LogP contribution in [0.2, 0.25) is 5.28 Å². The highest BCUT2D eigenvalue weighted by Gasteiger charge is 2.19. The van der Waals surface area contributed by atoms with Crippen LogP contribution in [-0.4, -0.2) is 81.1 Å². The summed E-state index contributed by atoms with van der Waals surface area (Å²) in [6, 6.07) is 30.6. The molecule has 0 saturated heterocycles. The predicted octanol–water partition coefficient (Wildman–Crippen LogP) is 10.7. The van der Waals surface area contributed by atoms with Gasteiger partial charge in [0, 0.05) is 53.1 Å². The number of aromatic nitrogens is 4. The van der Waals surface area contributed by atoms with E-state index < -0.39 is 57.3 Å². The number of aliphatic hydroxyl groups is 1. The highest BCUT2D eigenvalue weighted by molar-refractivity contribution is 7.85. The SMILES string of the molecule is CCCCO.CP(C)(=O)c1ccccc1Nc1ccnc(Cl)n1.CP(C)(=O)c1ccccc1Nc1ccnc(Nc2ccc(F)c([N+](=O)[O-])c2)n1.Cc1ccc(S(=O)(=O)O)cc1.Nc1ccc(F)c([N+](=O)[O-])c1. The fraction of sp³-hybridized carbons (Fsp3) is 0.191. The molecule has 7 N–H and O–H groups in total. The summed E-state index contributed by atoms with van der Waals surface area (Å²) in [5.74, 6) is -0.610. The van der Waals surface area contributed by atoms with Gasteiger partial charge in [-0.05, 0) is 124 Å². The van der Waals surface area contributed by atoms with E-state index in [4.69, 9.17) is 27.0 Å². The van der Waals surface area contributed by atoms with Gasteiger partial charge in [0.1, 0.15) is 25.9 Å². The van der Waals surface area contributed by atoms with Crippen molar-refractivity contribution < 1.29 is 45.8 Å². The molecule has 0 radical (unpaired) electrons. The highest BCUT2D eigenvalue weighted by Crippen LogP contribution is 2.39. The van der Waals surface area contributed by atoms with E-state index >= 15 is 0 Å². The lowest BCUT2D eigenvalue weighted by atomic mass is 10.2. The number of unbranched alkanes of at least 4 members (excludes halogenated alkanes) is 1. The molecule has 0 amide bonds. The molecule has 0 saturated carbocycles. The number of rotatable bonds is 13. The van der Waals surface area contributed by atoms with Gasteiger partial charge in [-0.25, -0.2) is 15.0 Å². The summed E-state index contributed by atoms with van der Waals surface area (Å²) in [7, 11) is -8.86. The van der Waals surface area contributed by atoms with Gasteiger partial charge in [0.05, 0.1) is 26.1 Å². The van der Waals surface area contributed by atoms with Crippen molar-refractivity contribution in [2.45, 2.75) is 31.6 Å². The number of nitrogens with one attached hydrogen (secondary N) is 3. The Bertz CT molecular complexity index is 3190. The first-order valence-corrected chi connectivity index (χ1v) is 28.5. The normalized spacial score (nSPS) is 10.8. The van der Waals surface area contributed by atoms with E-state index in [1.807, 2.05) is 43.3 Å². The van der Waals surface area contributed by atoms with Gasteiger partial charge >= 0.3 is 11.4 Å². The third-order valence-corrected chi connectivity index (χ3v) is 13.3. The maximum Gasteiger partial charge on any atom is 0.306 e. The summed E-state index contributed by atoms with van der Waals surface area (Å²) in [5.41, 5.74) is 6.81. The fourth-order valence-electron chi connectivity index (χ4n) is 5.66. The monoisotopic (exact) mass is 1080 g/mol. The topological polar surface area (TPSA) is 309 Å². The summed E-state index contributed by atoms with van der Waals surface area (Å²) in [6.45, 7) is 11.1. The van der Waals surface area contributed by atoms with Gasteiger partial charge in [-0.2, -0.15) is 22.2 Å². The maximum atomic E-state index is 13.5. The molecule has 0 aliphatic carbocycles. The molecule has 7 aromatic rings. The zero-order valence-electron chi connectivity index (χ0n) is 40.2. The number of hydrogen-bond donors (Lipinski definition) is 6. The van der Waals surface area contributed by atoms with Crippen LogP contribution in [-0.2, 0) is 19.2 Å². The molecule has 26 heteroatoms. The predicted molar refractivity (Wildman–Crippen MR) is 283 cm³/mol. The third kappa shape index (κ3) is 20.8. The number of nitrogens with zero attached hydrogens (tertiary/aromatic N) is 6. The van der Waals surface area contributed by atoms with Crippen molar-refractivity contribution in [3.8, 4) is 0 Å². The summed E-state index contributed by atoms with van der Waals surface area (Å²) >= 11 is 5.72. The molecular formula is C47H53ClF2N10O10P2S. The quantitative estimate of drug-likeness (QED) is 0.0156. The van der Waals surface area contributed by atoms with E-state index in [2.05, 4.69) is 42.8 Å². The van der Waals surface area contributed by atoms with Gasteiger partial charge in [-0.15, -0.1) is 0 Å². The number of nitro benzene ring substituents is 2. The van der Waals surface area contributed by atoms with E-state index in [1.54, 1.807) is 69.3 Å². The van der Waals surface area contributed by atoms with Crippen LogP contribution >= 0.6 is 25.9 Å². The summed E-state index contributed by atoms with van der Waals surface area (Å²) in [6.07, 6.45) is 5.10. The second-order valence-electron chi connectivity index (χ2n) is 15.8. The standard InChI is InChI=1S/C18H17FN5O3P.C12H13ClN3OP.C7H8O3S.C6H5FN2O2.C4H10O/c1-28(2,27)16-6-4-3-5-14(16)22-17-9-10-20-18(23-17)21-12-7-8-13(19)15(11-12)24(25)26;1-18(2,17)10-6-4-3-5-9(10)15-11-7-8-14-12(13)16-11;1-6-2-4-7(5-3-6)11(8,9)10;7-5-2-1-4(8)3-6(5)9(10)11;1-2-3-4-5/h3-11H,1-2H3,(H2,20,21,22,23);3-8H,1-2H3,(H,14,15,16);2-5H,1H3,(H,8,9,10);1-3H,8H2;5H,2-4H2,1H3. The van der Waals surface area contributed by atoms with Crippen LogP contribution in [0.1, 0.15) is 25.3 Å². The van der Waals surface area contributed by atoms with E-state index in [-0.39, 0.29) is 27.5 Å². The molecule has 0 atom stereocenters. The number of nitrogens with two attached hydrogens (primary N) is 1. The van der Waals surface area contributed by atoms with Crippen molar-refractivity contribution in [1.29, 1.82) is 0 Å². The van der Waals surface area contributed by atoms with Crippen molar-refractivity contribution >= 4 is 98.3 Å². The molecule has 0 aliphatic rings. The lowest BCUT2D eigenvalue weighted by Gasteiger charge is -2.15. The molecule has 0 unspecified atom stereocenters.